The first-order chi connectivity index (χ1) is 38.0. The Balaban J connectivity index is 4.05. The summed E-state index contributed by atoms with van der Waals surface area (Å²) in [6, 6.07) is 0. The van der Waals surface area contributed by atoms with Crippen molar-refractivity contribution in [2.45, 2.75) is 399 Å². The molecule has 77 heavy (non-hydrogen) atoms. The fraction of sp³-hybridized carbons (Fsp3) is 0.901. The maximum atomic E-state index is 12.9. The van der Waals surface area contributed by atoms with Crippen molar-refractivity contribution in [2.24, 2.45) is 0 Å². The summed E-state index contributed by atoms with van der Waals surface area (Å²) in [5.74, 6) is -0.866. The van der Waals surface area contributed by atoms with E-state index in [0.717, 1.165) is 70.6 Å². The summed E-state index contributed by atoms with van der Waals surface area (Å²) in [6.45, 7) is 6.65. The van der Waals surface area contributed by atoms with Gasteiger partial charge in [0.05, 0.1) is 0 Å². The molecule has 0 aromatic rings. The molecule has 6 heteroatoms. The highest BCUT2D eigenvalue weighted by Crippen LogP contribution is 2.19. The molecule has 0 rings (SSSR count). The van der Waals surface area contributed by atoms with Crippen LogP contribution in [0.3, 0.4) is 0 Å². The third-order valence-corrected chi connectivity index (χ3v) is 15.9. The molecule has 1 atom stereocenters. The quantitative estimate of drug-likeness (QED) is 0.0261. The molecular formula is C71H134O6. The minimum Gasteiger partial charge on any atom is -0.462 e. The van der Waals surface area contributed by atoms with Gasteiger partial charge in [-0.25, -0.2) is 0 Å². The molecule has 0 aromatic carbocycles. The first kappa shape index (κ1) is 74.9. The molecule has 0 saturated carbocycles. The lowest BCUT2D eigenvalue weighted by Crippen LogP contribution is -2.30. The maximum absolute atomic E-state index is 12.9. The Morgan fingerprint density at radius 1 is 0.247 bits per heavy atom. The summed E-state index contributed by atoms with van der Waals surface area (Å²) in [7, 11) is 0. The molecule has 0 aliphatic heterocycles. The lowest BCUT2D eigenvalue weighted by Gasteiger charge is -2.18. The lowest BCUT2D eigenvalue weighted by atomic mass is 10.0. The molecule has 0 fully saturated rings. The number of allylic oxidation sites excluding steroid dienone is 4. The van der Waals surface area contributed by atoms with Crippen molar-refractivity contribution in [3.05, 3.63) is 24.3 Å². The van der Waals surface area contributed by atoms with Gasteiger partial charge >= 0.3 is 17.9 Å². The molecule has 454 valence electrons. The maximum Gasteiger partial charge on any atom is 0.306 e. The van der Waals surface area contributed by atoms with E-state index in [1.165, 1.54) is 283 Å². The summed E-state index contributed by atoms with van der Waals surface area (Å²) >= 11 is 0. The predicted molar refractivity (Wildman–Crippen MR) is 335 cm³/mol. The Hall–Kier alpha value is -2.11. The van der Waals surface area contributed by atoms with Gasteiger partial charge in [-0.3, -0.25) is 14.4 Å². The Bertz CT molecular complexity index is 1240. The van der Waals surface area contributed by atoms with E-state index in [2.05, 4.69) is 45.1 Å². The number of hydrogen-bond acceptors (Lipinski definition) is 6. The summed E-state index contributed by atoms with van der Waals surface area (Å²) in [5, 5.41) is 0. The molecule has 0 aromatic heterocycles. The normalized spacial score (nSPS) is 12.1. The first-order valence-electron chi connectivity index (χ1n) is 34.8. The van der Waals surface area contributed by atoms with Crippen LogP contribution in [0.4, 0.5) is 0 Å². The number of esters is 3. The Labute approximate surface area is 481 Å². The highest BCUT2D eigenvalue weighted by Gasteiger charge is 2.19. The van der Waals surface area contributed by atoms with Crippen LogP contribution in [-0.4, -0.2) is 37.2 Å². The Morgan fingerprint density at radius 3 is 0.688 bits per heavy atom. The van der Waals surface area contributed by atoms with Crippen molar-refractivity contribution in [1.29, 1.82) is 0 Å². The van der Waals surface area contributed by atoms with E-state index in [1.54, 1.807) is 0 Å². The zero-order valence-corrected chi connectivity index (χ0v) is 52.3. The van der Waals surface area contributed by atoms with E-state index in [4.69, 9.17) is 14.2 Å². The fourth-order valence-corrected chi connectivity index (χ4v) is 10.7. The smallest absolute Gasteiger partial charge is 0.306 e. The third kappa shape index (κ3) is 64.6. The van der Waals surface area contributed by atoms with Crippen molar-refractivity contribution in [2.75, 3.05) is 13.2 Å². The van der Waals surface area contributed by atoms with Gasteiger partial charge in [0.2, 0.25) is 0 Å². The van der Waals surface area contributed by atoms with Gasteiger partial charge in [-0.2, -0.15) is 0 Å². The molecular weight excluding hydrogens is 949 g/mol. The number of carbonyl (C=O) groups excluding carboxylic acids is 3. The summed E-state index contributed by atoms with van der Waals surface area (Å²) < 4.78 is 16.9. The van der Waals surface area contributed by atoms with Gasteiger partial charge in [-0.15, -0.1) is 0 Å². The first-order valence-corrected chi connectivity index (χ1v) is 34.8. The van der Waals surface area contributed by atoms with Crippen LogP contribution in [-0.2, 0) is 28.6 Å². The molecule has 0 aliphatic carbocycles. The summed E-state index contributed by atoms with van der Waals surface area (Å²) in [5.41, 5.74) is 0. The Kier molecular flexibility index (Phi) is 64.6. The average molecular weight is 1080 g/mol. The fourth-order valence-electron chi connectivity index (χ4n) is 10.7. The second-order valence-electron chi connectivity index (χ2n) is 23.8. The standard InChI is InChI=1S/C71H134O6/c1-4-7-10-13-16-19-22-24-26-28-29-30-31-32-33-34-35-36-37-38-39-40-41-42-43-45-46-49-52-55-58-61-64-70(73)76-67-68(66-75-69(72)63-60-57-54-51-48-21-18-15-12-9-6-3)77-71(74)65-62-59-56-53-50-47-44-27-25-23-20-17-14-11-8-5-2/h15,18,27,44,68H,4-14,16-17,19-26,28-43,45-67H2,1-3H3/b18-15-,44-27-. The van der Waals surface area contributed by atoms with Gasteiger partial charge in [-0.1, -0.05) is 334 Å². The van der Waals surface area contributed by atoms with Gasteiger partial charge in [0.15, 0.2) is 6.10 Å². The van der Waals surface area contributed by atoms with E-state index in [9.17, 15) is 14.4 Å². The molecule has 0 saturated heterocycles. The number of carbonyl (C=O) groups is 3. The van der Waals surface area contributed by atoms with Crippen LogP contribution >= 0.6 is 0 Å². The van der Waals surface area contributed by atoms with Gasteiger partial charge in [0, 0.05) is 19.3 Å². The zero-order valence-electron chi connectivity index (χ0n) is 52.3. The van der Waals surface area contributed by atoms with Crippen LogP contribution in [0.25, 0.3) is 0 Å². The number of unbranched alkanes of at least 4 members (excludes halogenated alkanes) is 50. The van der Waals surface area contributed by atoms with E-state index in [-0.39, 0.29) is 31.1 Å². The summed E-state index contributed by atoms with van der Waals surface area (Å²) in [6.07, 6.45) is 80.9. The molecule has 0 heterocycles. The van der Waals surface area contributed by atoms with Gasteiger partial charge in [0.1, 0.15) is 13.2 Å². The highest BCUT2D eigenvalue weighted by atomic mass is 16.6. The zero-order chi connectivity index (χ0) is 55.7. The SMILES string of the molecule is CCCC/C=C\CCCCCCCC(=O)OCC(COC(=O)CCCCCCCCCCCCCCCCCCCCCCCCCCCCCCCCCC)OC(=O)CCCCCCC/C=C\CCCCCCCCC. The van der Waals surface area contributed by atoms with E-state index in [1.807, 2.05) is 0 Å². The minimum atomic E-state index is -0.776. The van der Waals surface area contributed by atoms with Crippen molar-refractivity contribution in [3.63, 3.8) is 0 Å². The second-order valence-corrected chi connectivity index (χ2v) is 23.8. The van der Waals surface area contributed by atoms with E-state index >= 15 is 0 Å². The van der Waals surface area contributed by atoms with Crippen LogP contribution in [0.15, 0.2) is 24.3 Å². The summed E-state index contributed by atoms with van der Waals surface area (Å²) in [4.78, 5) is 38.2. The molecule has 0 bridgehead atoms. The molecule has 1 unspecified atom stereocenters. The molecule has 0 radical (unpaired) electrons. The van der Waals surface area contributed by atoms with Gasteiger partial charge < -0.3 is 14.2 Å². The van der Waals surface area contributed by atoms with Gasteiger partial charge in [0.25, 0.3) is 0 Å². The van der Waals surface area contributed by atoms with Crippen molar-refractivity contribution < 1.29 is 28.6 Å². The predicted octanol–water partition coefficient (Wildman–Crippen LogP) is 23.8. The molecule has 0 N–H and O–H groups in total. The van der Waals surface area contributed by atoms with Crippen molar-refractivity contribution in [1.82, 2.24) is 0 Å². The van der Waals surface area contributed by atoms with Crippen LogP contribution in [0.5, 0.6) is 0 Å². The number of hydrogen-bond donors (Lipinski definition) is 0. The second kappa shape index (κ2) is 66.4. The number of rotatable bonds is 65. The largest absolute Gasteiger partial charge is 0.462 e. The highest BCUT2D eigenvalue weighted by molar-refractivity contribution is 5.71. The molecule has 0 amide bonds. The number of ether oxygens (including phenoxy) is 3. The van der Waals surface area contributed by atoms with Crippen molar-refractivity contribution >= 4 is 17.9 Å². The minimum absolute atomic E-state index is 0.0726. The van der Waals surface area contributed by atoms with Crippen LogP contribution in [0.2, 0.25) is 0 Å². The molecule has 6 nitrogen and oxygen atoms in total. The van der Waals surface area contributed by atoms with Gasteiger partial charge in [-0.05, 0) is 64.2 Å². The van der Waals surface area contributed by atoms with E-state index < -0.39 is 6.10 Å². The van der Waals surface area contributed by atoms with Crippen LogP contribution in [0.1, 0.15) is 393 Å². The topological polar surface area (TPSA) is 78.9 Å². The molecule has 0 spiro atoms. The monoisotopic (exact) mass is 1080 g/mol. The van der Waals surface area contributed by atoms with Crippen LogP contribution < -0.4 is 0 Å². The van der Waals surface area contributed by atoms with E-state index in [0.29, 0.717) is 19.3 Å². The van der Waals surface area contributed by atoms with Crippen molar-refractivity contribution in [3.8, 4) is 0 Å². The lowest BCUT2D eigenvalue weighted by molar-refractivity contribution is -0.167. The molecule has 0 aliphatic rings. The van der Waals surface area contributed by atoms with Crippen LogP contribution in [0, 0.1) is 0 Å². The third-order valence-electron chi connectivity index (χ3n) is 15.9. The average Bonchev–Trinajstić information content (AvgIpc) is 3.43. The Morgan fingerprint density at radius 2 is 0.442 bits per heavy atom.